The summed E-state index contributed by atoms with van der Waals surface area (Å²) in [6, 6.07) is 1.89. The normalized spacial score (nSPS) is 16.4. The molecule has 22 heavy (non-hydrogen) atoms. The summed E-state index contributed by atoms with van der Waals surface area (Å²) in [4.78, 5) is 23.7. The largest absolute Gasteiger partial charge is 0.449 e. The van der Waals surface area contributed by atoms with Crippen LogP contribution in [0.25, 0.3) is 0 Å². The molecule has 2 N–H and O–H groups in total. The van der Waals surface area contributed by atoms with Gasteiger partial charge in [0.15, 0.2) is 0 Å². The second-order valence-corrected chi connectivity index (χ2v) is 5.40. The fourth-order valence-corrected chi connectivity index (χ4v) is 2.69. The lowest BCUT2D eigenvalue weighted by Gasteiger charge is -2.28. The Morgan fingerprint density at radius 3 is 2.64 bits per heavy atom. The molecule has 0 radical (unpaired) electrons. The Labute approximate surface area is 131 Å². The zero-order chi connectivity index (χ0) is 16.2. The van der Waals surface area contributed by atoms with E-state index in [9.17, 15) is 9.59 Å². The van der Waals surface area contributed by atoms with E-state index in [1.165, 1.54) is 6.42 Å². The van der Waals surface area contributed by atoms with Gasteiger partial charge in [0.05, 0.1) is 18.6 Å². The van der Waals surface area contributed by atoms with Crippen LogP contribution in [0, 0.1) is 23.2 Å². The molecule has 1 aliphatic carbocycles. The lowest BCUT2D eigenvalue weighted by Crippen LogP contribution is -2.40. The highest BCUT2D eigenvalue weighted by atomic mass is 16.5. The summed E-state index contributed by atoms with van der Waals surface area (Å²) in [5.74, 6) is -0.390. The molecule has 7 heteroatoms. The van der Waals surface area contributed by atoms with Gasteiger partial charge in [-0.2, -0.15) is 5.26 Å². The summed E-state index contributed by atoms with van der Waals surface area (Å²) >= 11 is 0. The average molecular weight is 311 g/mol. The Kier molecular flexibility index (Phi) is 9.00. The van der Waals surface area contributed by atoms with Crippen LogP contribution in [0.15, 0.2) is 0 Å². The fraction of sp³-hybridized carbons (Fsp3) is 0.800. The van der Waals surface area contributed by atoms with Crippen molar-refractivity contribution in [3.8, 4) is 6.07 Å². The molecule has 0 aliphatic heterocycles. The third kappa shape index (κ3) is 6.76. The predicted octanol–water partition coefficient (Wildman–Crippen LogP) is 1.20. The van der Waals surface area contributed by atoms with Crippen LogP contribution in [0.2, 0.25) is 0 Å². The summed E-state index contributed by atoms with van der Waals surface area (Å²) in [6.45, 7) is 0.788. The van der Waals surface area contributed by atoms with E-state index in [-0.39, 0.29) is 30.9 Å². The van der Waals surface area contributed by atoms with E-state index in [1.807, 2.05) is 6.07 Å². The smallest absolute Gasteiger partial charge is 0.407 e. The first-order valence-electron chi connectivity index (χ1n) is 7.73. The lowest BCUT2D eigenvalue weighted by molar-refractivity contribution is -0.128. The van der Waals surface area contributed by atoms with Gasteiger partial charge in [-0.25, -0.2) is 4.79 Å². The molecule has 0 aromatic heterocycles. The standard InChI is InChI=1S/C15H25N3O4/c1-21-10-9-18-15(20)22-11-13(14(19)17-8-7-16)12-5-3-2-4-6-12/h12-13H,2-6,8-11H2,1H3,(H,17,19)(H,18,20). The molecule has 0 aromatic carbocycles. The van der Waals surface area contributed by atoms with Gasteiger partial charge in [0.1, 0.15) is 13.2 Å². The average Bonchev–Trinajstić information content (AvgIpc) is 2.54. The van der Waals surface area contributed by atoms with Crippen molar-refractivity contribution in [2.45, 2.75) is 32.1 Å². The van der Waals surface area contributed by atoms with Gasteiger partial charge in [0.2, 0.25) is 5.91 Å². The maximum atomic E-state index is 12.2. The van der Waals surface area contributed by atoms with Crippen LogP contribution >= 0.6 is 0 Å². The van der Waals surface area contributed by atoms with E-state index in [2.05, 4.69) is 10.6 Å². The van der Waals surface area contributed by atoms with Gasteiger partial charge in [-0.3, -0.25) is 4.79 Å². The summed E-state index contributed by atoms with van der Waals surface area (Å²) < 4.78 is 9.99. The van der Waals surface area contributed by atoms with Crippen molar-refractivity contribution in [2.75, 3.05) is 33.4 Å². The van der Waals surface area contributed by atoms with E-state index in [1.54, 1.807) is 7.11 Å². The fourth-order valence-electron chi connectivity index (χ4n) is 2.69. The number of methoxy groups -OCH3 is 1. The number of rotatable bonds is 8. The van der Waals surface area contributed by atoms with Crippen LogP contribution in [0.3, 0.4) is 0 Å². The van der Waals surface area contributed by atoms with E-state index in [0.717, 1.165) is 25.7 Å². The molecule has 1 atom stereocenters. The third-order valence-corrected chi connectivity index (χ3v) is 3.87. The third-order valence-electron chi connectivity index (χ3n) is 3.87. The van der Waals surface area contributed by atoms with Crippen LogP contribution in [-0.2, 0) is 14.3 Å². The zero-order valence-electron chi connectivity index (χ0n) is 13.1. The summed E-state index contributed by atoms with van der Waals surface area (Å²) in [5.41, 5.74) is 0. The number of carbonyl (C=O) groups excluding carboxylic acids is 2. The molecule has 1 rings (SSSR count). The molecule has 0 aromatic rings. The van der Waals surface area contributed by atoms with Crippen LogP contribution in [0.4, 0.5) is 4.79 Å². The summed E-state index contributed by atoms with van der Waals surface area (Å²) in [6.07, 6.45) is 4.73. The molecule has 2 amide bonds. The van der Waals surface area contributed by atoms with Gasteiger partial charge >= 0.3 is 6.09 Å². The number of nitriles is 1. The summed E-state index contributed by atoms with van der Waals surface area (Å²) in [5, 5.41) is 13.7. The molecule has 7 nitrogen and oxygen atoms in total. The molecule has 1 aliphatic rings. The van der Waals surface area contributed by atoms with Crippen molar-refractivity contribution in [1.29, 1.82) is 5.26 Å². The Bertz CT molecular complexity index is 389. The lowest BCUT2D eigenvalue weighted by atomic mass is 9.80. The van der Waals surface area contributed by atoms with Gasteiger partial charge in [-0.15, -0.1) is 0 Å². The van der Waals surface area contributed by atoms with Crippen LogP contribution in [0.1, 0.15) is 32.1 Å². The molecule has 0 spiro atoms. The molecule has 1 unspecified atom stereocenters. The van der Waals surface area contributed by atoms with Crippen LogP contribution in [-0.4, -0.2) is 45.4 Å². The van der Waals surface area contributed by atoms with Crippen molar-refractivity contribution in [2.24, 2.45) is 11.8 Å². The minimum atomic E-state index is -0.550. The minimum Gasteiger partial charge on any atom is -0.449 e. The van der Waals surface area contributed by atoms with E-state index in [4.69, 9.17) is 14.7 Å². The Balaban J connectivity index is 2.48. The first kappa shape index (κ1) is 18.2. The minimum absolute atomic E-state index is 0.0257. The SMILES string of the molecule is COCCNC(=O)OCC(C(=O)NCC#N)C1CCCCC1. The number of alkyl carbamates (subject to hydrolysis) is 1. The molecule has 0 heterocycles. The highest BCUT2D eigenvalue weighted by molar-refractivity contribution is 5.79. The van der Waals surface area contributed by atoms with Gasteiger partial charge in [-0.05, 0) is 18.8 Å². The van der Waals surface area contributed by atoms with Crippen molar-refractivity contribution in [1.82, 2.24) is 10.6 Å². The van der Waals surface area contributed by atoms with Gasteiger partial charge < -0.3 is 20.1 Å². The zero-order valence-corrected chi connectivity index (χ0v) is 13.1. The quantitative estimate of drug-likeness (QED) is 0.518. The van der Waals surface area contributed by atoms with Crippen LogP contribution < -0.4 is 10.6 Å². The highest BCUT2D eigenvalue weighted by Crippen LogP contribution is 2.30. The van der Waals surface area contributed by atoms with E-state index >= 15 is 0 Å². The number of carbonyl (C=O) groups is 2. The topological polar surface area (TPSA) is 100 Å². The van der Waals surface area contributed by atoms with Gasteiger partial charge in [0, 0.05) is 13.7 Å². The number of nitrogens with zero attached hydrogens (tertiary/aromatic N) is 1. The number of amides is 2. The van der Waals surface area contributed by atoms with Gasteiger partial charge in [-0.1, -0.05) is 19.3 Å². The number of hydrogen-bond acceptors (Lipinski definition) is 5. The van der Waals surface area contributed by atoms with Gasteiger partial charge in [0.25, 0.3) is 0 Å². The molecular formula is C15H25N3O4. The first-order chi connectivity index (χ1) is 10.7. The molecule has 124 valence electrons. The molecular weight excluding hydrogens is 286 g/mol. The number of ether oxygens (including phenoxy) is 2. The Morgan fingerprint density at radius 1 is 1.27 bits per heavy atom. The van der Waals surface area contributed by atoms with E-state index in [0.29, 0.717) is 13.2 Å². The van der Waals surface area contributed by atoms with Crippen molar-refractivity contribution >= 4 is 12.0 Å². The Hall–Kier alpha value is -1.81. The molecule has 1 saturated carbocycles. The maximum absolute atomic E-state index is 12.2. The monoisotopic (exact) mass is 311 g/mol. The Morgan fingerprint density at radius 2 is 2.00 bits per heavy atom. The number of hydrogen-bond donors (Lipinski definition) is 2. The second kappa shape index (κ2) is 10.9. The molecule has 0 saturated heterocycles. The van der Waals surface area contributed by atoms with Crippen molar-refractivity contribution < 1.29 is 19.1 Å². The first-order valence-corrected chi connectivity index (χ1v) is 7.73. The predicted molar refractivity (Wildman–Crippen MR) is 79.9 cm³/mol. The molecule has 1 fully saturated rings. The highest BCUT2D eigenvalue weighted by Gasteiger charge is 2.30. The molecule has 0 bridgehead atoms. The second-order valence-electron chi connectivity index (χ2n) is 5.40. The summed E-state index contributed by atoms with van der Waals surface area (Å²) in [7, 11) is 1.55. The van der Waals surface area contributed by atoms with E-state index < -0.39 is 6.09 Å². The number of nitrogens with one attached hydrogen (secondary N) is 2. The van der Waals surface area contributed by atoms with Crippen molar-refractivity contribution in [3.63, 3.8) is 0 Å². The van der Waals surface area contributed by atoms with Crippen LogP contribution in [0.5, 0.6) is 0 Å². The maximum Gasteiger partial charge on any atom is 0.407 e. The van der Waals surface area contributed by atoms with Crippen molar-refractivity contribution in [3.05, 3.63) is 0 Å².